The average Bonchev–Trinajstić information content (AvgIpc) is 2.66. The van der Waals surface area contributed by atoms with Crippen LogP contribution in [0, 0.1) is 23.2 Å². The number of benzene rings is 1. The molecule has 1 N–H and O–H groups in total. The Morgan fingerprint density at radius 2 is 1.76 bits per heavy atom. The molecule has 162 valence electrons. The van der Waals surface area contributed by atoms with Crippen LogP contribution in [0.15, 0.2) is 18.2 Å². The Morgan fingerprint density at radius 3 is 2.24 bits per heavy atom. The lowest BCUT2D eigenvalue weighted by Gasteiger charge is -2.35. The Hall–Kier alpha value is -2.06. The number of nitrogens with zero attached hydrogens (tertiary/aromatic N) is 1. The monoisotopic (exact) mass is 402 g/mol. The first-order valence-corrected chi connectivity index (χ1v) is 10.8. The number of anilines is 1. The van der Waals surface area contributed by atoms with E-state index in [1.54, 1.807) is 18.2 Å². The number of nitriles is 1. The van der Waals surface area contributed by atoms with Crippen LogP contribution >= 0.6 is 0 Å². The molecule has 0 radical (unpaired) electrons. The number of carbonyl (C=O) groups is 1. The number of carbonyl (C=O) groups excluding carboxylic acids is 1. The Bertz CT molecular complexity index is 682. The van der Waals surface area contributed by atoms with Gasteiger partial charge in [-0.15, -0.1) is 0 Å². The fourth-order valence-corrected chi connectivity index (χ4v) is 3.42. The maximum absolute atomic E-state index is 13.4. The molecule has 1 aromatic rings. The lowest BCUT2D eigenvalue weighted by molar-refractivity contribution is -0.147. The Labute approximate surface area is 176 Å². The van der Waals surface area contributed by atoms with Crippen LogP contribution in [-0.2, 0) is 9.53 Å². The summed E-state index contributed by atoms with van der Waals surface area (Å²) in [4.78, 5) is 13.4. The molecule has 1 atom stereocenters. The Morgan fingerprint density at radius 1 is 1.14 bits per heavy atom. The molecule has 0 heterocycles. The van der Waals surface area contributed by atoms with E-state index >= 15 is 0 Å². The standard InChI is InChI=1S/C24H38N2O3/c1-8-12-28-24(14-17(3)4,15-18(5)6)23(27)26-22-11-10-21(13-20(22)16-25)29-19(7)9-2/h10-11,13,17-19H,8-9,12,14-15H2,1-7H3,(H,26,27)/t19-/m1/s1. The zero-order valence-corrected chi connectivity index (χ0v) is 19.2. The Kier molecular flexibility index (Phi) is 10.2. The molecule has 0 aromatic heterocycles. The van der Waals surface area contributed by atoms with Gasteiger partial charge in [-0.2, -0.15) is 5.26 Å². The van der Waals surface area contributed by atoms with Crippen LogP contribution in [0.1, 0.15) is 79.7 Å². The van der Waals surface area contributed by atoms with Crippen LogP contribution in [-0.4, -0.2) is 24.2 Å². The second-order valence-electron chi connectivity index (χ2n) is 8.65. The van der Waals surface area contributed by atoms with Crippen molar-refractivity contribution in [3.63, 3.8) is 0 Å². The molecule has 0 aliphatic rings. The van der Waals surface area contributed by atoms with Crippen LogP contribution in [0.5, 0.6) is 5.75 Å². The first-order chi connectivity index (χ1) is 13.7. The molecule has 0 saturated carbocycles. The molecular weight excluding hydrogens is 364 g/mol. The third-order valence-electron chi connectivity index (χ3n) is 4.74. The zero-order valence-electron chi connectivity index (χ0n) is 19.2. The molecule has 0 aliphatic carbocycles. The van der Waals surface area contributed by atoms with Crippen LogP contribution in [0.3, 0.4) is 0 Å². The van der Waals surface area contributed by atoms with Crippen molar-refractivity contribution in [2.75, 3.05) is 11.9 Å². The van der Waals surface area contributed by atoms with Crippen molar-refractivity contribution in [3.8, 4) is 11.8 Å². The number of hydrogen-bond donors (Lipinski definition) is 1. The van der Waals surface area contributed by atoms with Gasteiger partial charge in [0.15, 0.2) is 0 Å². The van der Waals surface area contributed by atoms with Crippen molar-refractivity contribution in [1.29, 1.82) is 5.26 Å². The zero-order chi connectivity index (χ0) is 22.0. The molecular formula is C24H38N2O3. The number of amides is 1. The minimum Gasteiger partial charge on any atom is -0.491 e. The van der Waals surface area contributed by atoms with Crippen molar-refractivity contribution in [3.05, 3.63) is 23.8 Å². The lowest BCUT2D eigenvalue weighted by Crippen LogP contribution is -2.48. The molecule has 1 amide bonds. The Balaban J connectivity index is 3.18. The second-order valence-corrected chi connectivity index (χ2v) is 8.65. The van der Waals surface area contributed by atoms with E-state index in [-0.39, 0.29) is 12.0 Å². The van der Waals surface area contributed by atoms with Gasteiger partial charge in [-0.05, 0) is 56.6 Å². The van der Waals surface area contributed by atoms with Crippen molar-refractivity contribution in [2.24, 2.45) is 11.8 Å². The van der Waals surface area contributed by atoms with E-state index in [2.05, 4.69) is 39.1 Å². The van der Waals surface area contributed by atoms with Gasteiger partial charge in [-0.3, -0.25) is 4.79 Å². The number of nitrogens with one attached hydrogen (secondary N) is 1. The molecule has 29 heavy (non-hydrogen) atoms. The van der Waals surface area contributed by atoms with Crippen molar-refractivity contribution >= 4 is 11.6 Å². The topological polar surface area (TPSA) is 71.3 Å². The number of hydrogen-bond acceptors (Lipinski definition) is 4. The third kappa shape index (κ3) is 7.70. The van der Waals surface area contributed by atoms with Gasteiger partial charge in [-0.1, -0.05) is 41.5 Å². The molecule has 0 unspecified atom stereocenters. The summed E-state index contributed by atoms with van der Waals surface area (Å²) >= 11 is 0. The summed E-state index contributed by atoms with van der Waals surface area (Å²) in [7, 11) is 0. The second kappa shape index (κ2) is 11.8. The summed E-state index contributed by atoms with van der Waals surface area (Å²) in [5.41, 5.74) is -0.0274. The molecule has 0 aliphatic heterocycles. The highest BCUT2D eigenvalue weighted by Crippen LogP contribution is 2.32. The molecule has 5 nitrogen and oxygen atoms in total. The fourth-order valence-electron chi connectivity index (χ4n) is 3.42. The van der Waals surface area contributed by atoms with Crippen molar-refractivity contribution in [1.82, 2.24) is 0 Å². The molecule has 0 spiro atoms. The highest BCUT2D eigenvalue weighted by Gasteiger charge is 2.40. The summed E-state index contributed by atoms with van der Waals surface area (Å²) in [6.07, 6.45) is 3.05. The molecule has 0 saturated heterocycles. The van der Waals surface area contributed by atoms with Gasteiger partial charge >= 0.3 is 0 Å². The summed E-state index contributed by atoms with van der Waals surface area (Å²) in [5, 5.41) is 12.6. The fraction of sp³-hybridized carbons (Fsp3) is 0.667. The SMILES string of the molecule is CCCOC(CC(C)C)(CC(C)C)C(=O)Nc1ccc(O[C@H](C)CC)cc1C#N. The van der Waals surface area contributed by atoms with Crippen molar-refractivity contribution in [2.45, 2.75) is 85.9 Å². The van der Waals surface area contributed by atoms with E-state index in [4.69, 9.17) is 9.47 Å². The van der Waals surface area contributed by atoms with Gasteiger partial charge in [0.2, 0.25) is 0 Å². The van der Waals surface area contributed by atoms with E-state index in [0.717, 1.165) is 12.8 Å². The molecule has 0 fully saturated rings. The van der Waals surface area contributed by atoms with Gasteiger partial charge in [0, 0.05) is 12.7 Å². The maximum atomic E-state index is 13.4. The van der Waals surface area contributed by atoms with E-state index in [0.29, 0.717) is 48.3 Å². The lowest BCUT2D eigenvalue weighted by atomic mass is 9.83. The normalized spacial score (nSPS) is 12.7. The molecule has 0 bridgehead atoms. The van der Waals surface area contributed by atoms with Crippen molar-refractivity contribution < 1.29 is 14.3 Å². The van der Waals surface area contributed by atoms with E-state index in [9.17, 15) is 10.1 Å². The van der Waals surface area contributed by atoms with E-state index in [1.807, 2.05) is 20.8 Å². The summed E-state index contributed by atoms with van der Waals surface area (Å²) in [6, 6.07) is 7.39. The summed E-state index contributed by atoms with van der Waals surface area (Å²) in [6.45, 7) is 15.0. The molecule has 5 heteroatoms. The first-order valence-electron chi connectivity index (χ1n) is 10.8. The van der Waals surface area contributed by atoms with Crippen LogP contribution in [0.4, 0.5) is 5.69 Å². The minimum absolute atomic E-state index is 0.0640. The van der Waals surface area contributed by atoms with E-state index in [1.165, 1.54) is 0 Å². The quantitative estimate of drug-likeness (QED) is 0.470. The summed E-state index contributed by atoms with van der Waals surface area (Å²) < 4.78 is 12.0. The van der Waals surface area contributed by atoms with Gasteiger partial charge in [0.1, 0.15) is 17.4 Å². The predicted octanol–water partition coefficient (Wildman–Crippen LogP) is 5.93. The largest absolute Gasteiger partial charge is 0.491 e. The number of rotatable bonds is 12. The third-order valence-corrected chi connectivity index (χ3v) is 4.74. The van der Waals surface area contributed by atoms with Crippen LogP contribution < -0.4 is 10.1 Å². The van der Waals surface area contributed by atoms with Gasteiger partial charge in [0.05, 0.1) is 17.4 Å². The van der Waals surface area contributed by atoms with Gasteiger partial charge in [-0.25, -0.2) is 0 Å². The molecule has 1 rings (SSSR count). The predicted molar refractivity (Wildman–Crippen MR) is 118 cm³/mol. The first kappa shape index (κ1) is 25.0. The number of ether oxygens (including phenoxy) is 2. The highest BCUT2D eigenvalue weighted by atomic mass is 16.5. The summed E-state index contributed by atoms with van der Waals surface area (Å²) in [5.74, 6) is 1.06. The van der Waals surface area contributed by atoms with E-state index < -0.39 is 5.60 Å². The average molecular weight is 403 g/mol. The van der Waals surface area contributed by atoms with Gasteiger partial charge in [0.25, 0.3) is 5.91 Å². The highest BCUT2D eigenvalue weighted by molar-refractivity contribution is 5.98. The van der Waals surface area contributed by atoms with Crippen LogP contribution in [0.25, 0.3) is 0 Å². The molecule has 1 aromatic carbocycles. The minimum atomic E-state index is -0.906. The van der Waals surface area contributed by atoms with Gasteiger partial charge < -0.3 is 14.8 Å². The maximum Gasteiger partial charge on any atom is 0.256 e. The smallest absolute Gasteiger partial charge is 0.256 e. The van der Waals surface area contributed by atoms with Crippen LogP contribution in [0.2, 0.25) is 0 Å².